The van der Waals surface area contributed by atoms with Gasteiger partial charge in [-0.3, -0.25) is 9.48 Å². The van der Waals surface area contributed by atoms with E-state index in [1.807, 2.05) is 6.92 Å². The molecule has 0 aliphatic rings. The number of hydrogen-bond acceptors (Lipinski definition) is 4. The molecule has 0 unspecified atom stereocenters. The summed E-state index contributed by atoms with van der Waals surface area (Å²) in [6.07, 6.45) is 1.51. The van der Waals surface area contributed by atoms with Crippen molar-refractivity contribution in [1.29, 1.82) is 0 Å². The summed E-state index contributed by atoms with van der Waals surface area (Å²) >= 11 is 0. The number of carbonyl (C=O) groups is 1. The van der Waals surface area contributed by atoms with Gasteiger partial charge in [0.2, 0.25) is 0 Å². The third-order valence-corrected chi connectivity index (χ3v) is 2.77. The Bertz CT molecular complexity index is 695. The maximum Gasteiger partial charge on any atom is 0.260 e. The molecular formula is C14H14N4O2. The second-order valence-electron chi connectivity index (χ2n) is 4.09. The van der Waals surface area contributed by atoms with Crippen LogP contribution in [0, 0.1) is 18.8 Å². The molecule has 2 aromatic heterocycles. The van der Waals surface area contributed by atoms with Crippen molar-refractivity contribution >= 4 is 11.7 Å². The summed E-state index contributed by atoms with van der Waals surface area (Å²) in [5, 5.41) is 15.4. The van der Waals surface area contributed by atoms with E-state index >= 15 is 0 Å². The van der Waals surface area contributed by atoms with Crippen LogP contribution in [0.15, 0.2) is 24.4 Å². The average molecular weight is 270 g/mol. The van der Waals surface area contributed by atoms with Crippen molar-refractivity contribution in [3.63, 3.8) is 0 Å². The molecule has 0 bridgehead atoms. The minimum Gasteiger partial charge on any atom is -0.384 e. The van der Waals surface area contributed by atoms with Gasteiger partial charge in [0, 0.05) is 12.7 Å². The van der Waals surface area contributed by atoms with Crippen molar-refractivity contribution in [2.75, 3.05) is 11.9 Å². The van der Waals surface area contributed by atoms with Crippen LogP contribution in [-0.4, -0.2) is 32.4 Å². The van der Waals surface area contributed by atoms with Crippen LogP contribution in [0.2, 0.25) is 0 Å². The maximum absolute atomic E-state index is 12.1. The Hall–Kier alpha value is -2.65. The SMILES string of the molecule is Cc1c(C(=O)Nc2cccc(C#CCO)n2)cnn1C. The molecule has 0 radical (unpaired) electrons. The number of amides is 1. The molecule has 2 heterocycles. The lowest BCUT2D eigenvalue weighted by Gasteiger charge is -2.04. The topological polar surface area (TPSA) is 80.0 Å². The predicted octanol–water partition coefficient (Wildman–Crippen LogP) is 0.720. The fourth-order valence-electron chi connectivity index (χ4n) is 1.61. The largest absolute Gasteiger partial charge is 0.384 e. The summed E-state index contributed by atoms with van der Waals surface area (Å²) in [6, 6.07) is 5.11. The van der Waals surface area contributed by atoms with Crippen LogP contribution in [0.3, 0.4) is 0 Å². The third-order valence-electron chi connectivity index (χ3n) is 2.77. The van der Waals surface area contributed by atoms with Crippen molar-refractivity contribution < 1.29 is 9.90 Å². The monoisotopic (exact) mass is 270 g/mol. The van der Waals surface area contributed by atoms with E-state index in [9.17, 15) is 4.79 Å². The standard InChI is InChI=1S/C14H14N4O2/c1-10-12(9-15-18(10)2)14(20)17-13-7-3-5-11(16-13)6-4-8-19/h3,5,7,9,19H,8H2,1-2H3,(H,16,17,20). The lowest BCUT2D eigenvalue weighted by atomic mass is 10.2. The second-order valence-corrected chi connectivity index (χ2v) is 4.09. The summed E-state index contributed by atoms with van der Waals surface area (Å²) in [6.45, 7) is 1.59. The summed E-state index contributed by atoms with van der Waals surface area (Å²) in [4.78, 5) is 16.3. The van der Waals surface area contributed by atoms with Gasteiger partial charge < -0.3 is 10.4 Å². The van der Waals surface area contributed by atoms with E-state index in [2.05, 4.69) is 27.2 Å². The molecule has 1 amide bonds. The van der Waals surface area contributed by atoms with Gasteiger partial charge in [0.05, 0.1) is 11.8 Å². The van der Waals surface area contributed by atoms with E-state index in [0.29, 0.717) is 17.1 Å². The summed E-state index contributed by atoms with van der Waals surface area (Å²) in [7, 11) is 1.77. The highest BCUT2D eigenvalue weighted by atomic mass is 16.2. The first-order valence-corrected chi connectivity index (χ1v) is 5.98. The number of nitrogens with zero attached hydrogens (tertiary/aromatic N) is 3. The number of aliphatic hydroxyl groups excluding tert-OH is 1. The number of nitrogens with one attached hydrogen (secondary N) is 1. The molecule has 2 aromatic rings. The molecule has 2 rings (SSSR count). The van der Waals surface area contributed by atoms with Crippen molar-refractivity contribution in [3.8, 4) is 11.8 Å². The lowest BCUT2D eigenvalue weighted by Crippen LogP contribution is -2.14. The van der Waals surface area contributed by atoms with Gasteiger partial charge in [-0.25, -0.2) is 4.98 Å². The van der Waals surface area contributed by atoms with E-state index in [1.54, 1.807) is 29.9 Å². The first-order chi connectivity index (χ1) is 9.61. The Balaban J connectivity index is 2.18. The zero-order chi connectivity index (χ0) is 14.5. The molecule has 20 heavy (non-hydrogen) atoms. The highest BCUT2D eigenvalue weighted by Crippen LogP contribution is 2.10. The molecule has 6 nitrogen and oxygen atoms in total. The van der Waals surface area contributed by atoms with Crippen molar-refractivity contribution in [3.05, 3.63) is 41.3 Å². The van der Waals surface area contributed by atoms with Gasteiger partial charge in [0.25, 0.3) is 5.91 Å². The number of hydrogen-bond donors (Lipinski definition) is 2. The second kappa shape index (κ2) is 5.99. The van der Waals surface area contributed by atoms with Crippen LogP contribution in [-0.2, 0) is 7.05 Å². The zero-order valence-corrected chi connectivity index (χ0v) is 11.2. The van der Waals surface area contributed by atoms with Crippen LogP contribution >= 0.6 is 0 Å². The van der Waals surface area contributed by atoms with Crippen molar-refractivity contribution in [1.82, 2.24) is 14.8 Å². The van der Waals surface area contributed by atoms with Gasteiger partial charge in [-0.05, 0) is 25.0 Å². The highest BCUT2D eigenvalue weighted by Gasteiger charge is 2.13. The average Bonchev–Trinajstić information content (AvgIpc) is 2.77. The van der Waals surface area contributed by atoms with E-state index in [0.717, 1.165) is 5.69 Å². The number of aromatic nitrogens is 3. The van der Waals surface area contributed by atoms with E-state index in [4.69, 9.17) is 5.11 Å². The molecular weight excluding hydrogens is 256 g/mol. The highest BCUT2D eigenvalue weighted by molar-refractivity contribution is 6.04. The molecule has 0 aromatic carbocycles. The molecule has 102 valence electrons. The van der Waals surface area contributed by atoms with Gasteiger partial charge in [0.1, 0.15) is 18.1 Å². The molecule has 0 aliphatic heterocycles. The molecule has 2 N–H and O–H groups in total. The number of aliphatic hydroxyl groups is 1. The van der Waals surface area contributed by atoms with Crippen molar-refractivity contribution in [2.45, 2.75) is 6.92 Å². The van der Waals surface area contributed by atoms with Crippen LogP contribution in [0.25, 0.3) is 0 Å². The minimum absolute atomic E-state index is 0.229. The van der Waals surface area contributed by atoms with Gasteiger partial charge in [-0.15, -0.1) is 0 Å². The summed E-state index contributed by atoms with van der Waals surface area (Å²) < 4.78 is 1.63. The normalized spacial score (nSPS) is 9.75. The number of carbonyl (C=O) groups excluding carboxylic acids is 1. The molecule has 0 atom stereocenters. The first-order valence-electron chi connectivity index (χ1n) is 5.98. The first kappa shape index (κ1) is 13.8. The van der Waals surface area contributed by atoms with Gasteiger partial charge in [-0.1, -0.05) is 12.0 Å². The molecule has 0 saturated carbocycles. The van der Waals surface area contributed by atoms with Crippen LogP contribution in [0.4, 0.5) is 5.82 Å². The van der Waals surface area contributed by atoms with Crippen LogP contribution in [0.1, 0.15) is 21.7 Å². The lowest BCUT2D eigenvalue weighted by molar-refractivity contribution is 0.102. The minimum atomic E-state index is -0.268. The Morgan fingerprint density at radius 2 is 2.30 bits per heavy atom. The third kappa shape index (κ3) is 3.02. The molecule has 0 spiro atoms. The number of anilines is 1. The van der Waals surface area contributed by atoms with Gasteiger partial charge in [-0.2, -0.15) is 5.10 Å². The van der Waals surface area contributed by atoms with Crippen molar-refractivity contribution in [2.24, 2.45) is 7.05 Å². The maximum atomic E-state index is 12.1. The Labute approximate surface area is 116 Å². The fraction of sp³-hybridized carbons (Fsp3) is 0.214. The van der Waals surface area contributed by atoms with Crippen LogP contribution < -0.4 is 5.32 Å². The smallest absolute Gasteiger partial charge is 0.260 e. The fourth-order valence-corrected chi connectivity index (χ4v) is 1.61. The zero-order valence-electron chi connectivity index (χ0n) is 11.2. The summed E-state index contributed by atoms with van der Waals surface area (Å²) in [5.74, 6) is 5.33. The Morgan fingerprint density at radius 1 is 1.50 bits per heavy atom. The molecule has 0 saturated heterocycles. The molecule has 6 heteroatoms. The van der Waals surface area contributed by atoms with Gasteiger partial charge in [0.15, 0.2) is 0 Å². The predicted molar refractivity (Wildman–Crippen MR) is 74.1 cm³/mol. The number of pyridine rings is 1. The Morgan fingerprint density at radius 3 is 2.95 bits per heavy atom. The number of rotatable bonds is 2. The summed E-state index contributed by atoms with van der Waals surface area (Å²) in [5.41, 5.74) is 1.76. The number of aryl methyl sites for hydroxylation is 1. The molecule has 0 fully saturated rings. The Kier molecular flexibility index (Phi) is 4.13. The van der Waals surface area contributed by atoms with Crippen LogP contribution in [0.5, 0.6) is 0 Å². The van der Waals surface area contributed by atoms with Gasteiger partial charge >= 0.3 is 0 Å². The quantitative estimate of drug-likeness (QED) is 0.788. The van der Waals surface area contributed by atoms with E-state index in [-0.39, 0.29) is 12.5 Å². The van der Waals surface area contributed by atoms with E-state index in [1.165, 1.54) is 6.20 Å². The van der Waals surface area contributed by atoms with E-state index < -0.39 is 0 Å². The molecule has 0 aliphatic carbocycles.